The van der Waals surface area contributed by atoms with Crippen LogP contribution in [0.3, 0.4) is 0 Å². The van der Waals surface area contributed by atoms with Crippen LogP contribution in [0, 0.1) is 0 Å². The maximum Gasteiger partial charge on any atom is 0.256 e. The predicted molar refractivity (Wildman–Crippen MR) is 105 cm³/mol. The highest BCUT2D eigenvalue weighted by Gasteiger charge is 2.48. The smallest absolute Gasteiger partial charge is 0.256 e. The predicted octanol–water partition coefficient (Wildman–Crippen LogP) is 3.10. The molecule has 1 atom stereocenters. The second kappa shape index (κ2) is 6.40. The van der Waals surface area contributed by atoms with E-state index in [0.717, 1.165) is 40.0 Å². The number of para-hydroxylation sites is 2. The second-order valence-electron chi connectivity index (χ2n) is 6.14. The van der Waals surface area contributed by atoms with Crippen molar-refractivity contribution in [1.82, 2.24) is 4.48 Å². The lowest BCUT2D eigenvalue weighted by atomic mass is 10.0. The zero-order valence-electron chi connectivity index (χ0n) is 14.8. The highest BCUT2D eigenvalue weighted by atomic mass is 16.5. The summed E-state index contributed by atoms with van der Waals surface area (Å²) < 4.78 is 11.4. The highest BCUT2D eigenvalue weighted by Crippen LogP contribution is 2.47. The fourth-order valence-electron chi connectivity index (χ4n) is 3.69. The number of benzene rings is 2. The summed E-state index contributed by atoms with van der Waals surface area (Å²) in [5, 5.41) is 0. The Balaban J connectivity index is 1.93. The minimum atomic E-state index is 0.443. The highest BCUT2D eigenvalue weighted by molar-refractivity contribution is 6.39. The molecule has 0 saturated heterocycles. The number of methoxy groups -OCH3 is 2. The standard InChI is InChI=1S/C20H21N4O2/c1-25-14-7-8-15(19(11-14)26-2)18-12-23-20-13-22-16-5-3-4-6-17(16)24(18,20)10-9-21/h3-8,11-13H,9-10,21H2,1-2H3/q+1. The summed E-state index contributed by atoms with van der Waals surface area (Å²) in [6, 6.07) is 13.9. The van der Waals surface area contributed by atoms with Crippen LogP contribution >= 0.6 is 0 Å². The van der Waals surface area contributed by atoms with E-state index in [0.29, 0.717) is 17.6 Å². The van der Waals surface area contributed by atoms with Crippen LogP contribution in [-0.2, 0) is 0 Å². The number of quaternary nitrogens is 1. The molecule has 0 saturated carbocycles. The van der Waals surface area contributed by atoms with Gasteiger partial charge in [0.1, 0.15) is 29.9 Å². The maximum absolute atomic E-state index is 6.03. The summed E-state index contributed by atoms with van der Waals surface area (Å²) in [5.41, 5.74) is 10.0. The number of hydrogen-bond acceptors (Lipinski definition) is 5. The Kier molecular flexibility index (Phi) is 4.06. The van der Waals surface area contributed by atoms with Gasteiger partial charge in [-0.2, -0.15) is 4.99 Å². The summed E-state index contributed by atoms with van der Waals surface area (Å²) in [5.74, 6) is 2.35. The number of ether oxygens (including phenoxy) is 2. The molecule has 6 heteroatoms. The minimum absolute atomic E-state index is 0.443. The van der Waals surface area contributed by atoms with E-state index in [2.05, 4.69) is 16.1 Å². The number of fused-ring (bicyclic) bond motifs is 3. The molecular formula is C20H21N4O2+. The van der Waals surface area contributed by atoms with E-state index < -0.39 is 0 Å². The van der Waals surface area contributed by atoms with Crippen LogP contribution in [0.2, 0.25) is 0 Å². The van der Waals surface area contributed by atoms with Gasteiger partial charge in [0, 0.05) is 18.7 Å². The molecule has 132 valence electrons. The van der Waals surface area contributed by atoms with Gasteiger partial charge in [-0.1, -0.05) is 12.1 Å². The molecule has 2 N–H and O–H groups in total. The third kappa shape index (κ3) is 2.27. The molecule has 1 unspecified atom stereocenters. The normalized spacial score (nSPS) is 20.1. The van der Waals surface area contributed by atoms with Crippen molar-refractivity contribution < 1.29 is 9.47 Å². The van der Waals surface area contributed by atoms with E-state index in [1.807, 2.05) is 48.8 Å². The van der Waals surface area contributed by atoms with E-state index in [1.165, 1.54) is 0 Å². The fraction of sp³-hybridized carbons (Fsp3) is 0.200. The van der Waals surface area contributed by atoms with Gasteiger partial charge in [0.15, 0.2) is 11.4 Å². The number of nitrogens with two attached hydrogens (primary N) is 1. The first kappa shape index (κ1) is 16.5. The second-order valence-corrected chi connectivity index (χ2v) is 6.14. The first-order valence-electron chi connectivity index (χ1n) is 8.48. The van der Waals surface area contributed by atoms with E-state index in [-0.39, 0.29) is 0 Å². The first-order chi connectivity index (χ1) is 12.7. The Bertz CT molecular complexity index is 949. The number of amidine groups is 1. The van der Waals surface area contributed by atoms with E-state index in [9.17, 15) is 0 Å². The molecule has 2 aromatic carbocycles. The number of aliphatic imine (C=N–C) groups is 2. The molecule has 0 bridgehead atoms. The van der Waals surface area contributed by atoms with Crippen molar-refractivity contribution in [1.29, 1.82) is 0 Å². The zero-order chi connectivity index (χ0) is 18.1. The van der Waals surface area contributed by atoms with E-state index in [1.54, 1.807) is 14.2 Å². The van der Waals surface area contributed by atoms with Gasteiger partial charge in [0.25, 0.3) is 5.84 Å². The van der Waals surface area contributed by atoms with Crippen molar-refractivity contribution in [2.24, 2.45) is 15.7 Å². The van der Waals surface area contributed by atoms with Crippen molar-refractivity contribution in [2.75, 3.05) is 27.3 Å². The van der Waals surface area contributed by atoms with Gasteiger partial charge in [-0.25, -0.2) is 9.48 Å². The molecule has 0 radical (unpaired) electrons. The molecule has 2 aliphatic heterocycles. The number of nitrogens with zero attached hydrogens (tertiary/aromatic N) is 3. The molecule has 2 aromatic rings. The molecule has 0 aliphatic carbocycles. The molecule has 4 rings (SSSR count). The van der Waals surface area contributed by atoms with Crippen LogP contribution in [0.5, 0.6) is 11.5 Å². The maximum atomic E-state index is 6.03. The minimum Gasteiger partial charge on any atom is -0.497 e. The van der Waals surface area contributed by atoms with Crippen LogP contribution in [0.15, 0.2) is 58.6 Å². The quantitative estimate of drug-likeness (QED) is 0.844. The molecule has 2 heterocycles. The van der Waals surface area contributed by atoms with Gasteiger partial charge in [-0.05, 0) is 18.2 Å². The molecule has 2 aliphatic rings. The van der Waals surface area contributed by atoms with Crippen LogP contribution in [0.4, 0.5) is 11.4 Å². The average molecular weight is 349 g/mol. The van der Waals surface area contributed by atoms with E-state index in [4.69, 9.17) is 15.2 Å². The summed E-state index contributed by atoms with van der Waals surface area (Å²) in [6.07, 6.45) is 3.72. The van der Waals surface area contributed by atoms with Gasteiger partial charge in [-0.3, -0.25) is 0 Å². The first-order valence-corrected chi connectivity index (χ1v) is 8.48. The molecule has 26 heavy (non-hydrogen) atoms. The lowest BCUT2D eigenvalue weighted by Crippen LogP contribution is -2.55. The van der Waals surface area contributed by atoms with Gasteiger partial charge in [0.05, 0.1) is 26.0 Å². The molecule has 0 amide bonds. The topological polar surface area (TPSA) is 69.2 Å². The fourth-order valence-corrected chi connectivity index (χ4v) is 3.69. The third-order valence-electron chi connectivity index (χ3n) is 4.88. The Hall–Kier alpha value is -2.96. The van der Waals surface area contributed by atoms with Crippen LogP contribution < -0.4 is 19.7 Å². The number of hydrogen-bond donors (Lipinski definition) is 1. The van der Waals surface area contributed by atoms with Gasteiger partial charge < -0.3 is 15.2 Å². The SMILES string of the molecule is COc1ccc(C2=CN=C3C=Nc4ccccc4[N+]23CCN)c(OC)c1. The summed E-state index contributed by atoms with van der Waals surface area (Å²) in [4.78, 5) is 9.22. The third-order valence-corrected chi connectivity index (χ3v) is 4.88. The zero-order valence-corrected chi connectivity index (χ0v) is 14.8. The summed E-state index contributed by atoms with van der Waals surface area (Å²) >= 11 is 0. The molecule has 6 nitrogen and oxygen atoms in total. The molecule has 0 spiro atoms. The Morgan fingerprint density at radius 3 is 2.69 bits per heavy atom. The van der Waals surface area contributed by atoms with Crippen molar-refractivity contribution >= 4 is 29.1 Å². The van der Waals surface area contributed by atoms with Crippen molar-refractivity contribution in [3.63, 3.8) is 0 Å². The lowest BCUT2D eigenvalue weighted by Gasteiger charge is -2.37. The largest absolute Gasteiger partial charge is 0.497 e. The van der Waals surface area contributed by atoms with Gasteiger partial charge in [-0.15, -0.1) is 0 Å². The van der Waals surface area contributed by atoms with E-state index >= 15 is 0 Å². The summed E-state index contributed by atoms with van der Waals surface area (Å²) in [6.45, 7) is 1.19. The molecular weight excluding hydrogens is 328 g/mol. The Morgan fingerprint density at radius 2 is 1.92 bits per heavy atom. The molecule has 0 fully saturated rings. The van der Waals surface area contributed by atoms with Crippen molar-refractivity contribution in [3.05, 3.63) is 54.2 Å². The van der Waals surface area contributed by atoms with Crippen molar-refractivity contribution in [3.8, 4) is 11.5 Å². The average Bonchev–Trinajstić information content (AvgIpc) is 3.07. The van der Waals surface area contributed by atoms with Crippen LogP contribution in [-0.4, -0.2) is 39.4 Å². The van der Waals surface area contributed by atoms with Gasteiger partial charge >= 0.3 is 0 Å². The summed E-state index contributed by atoms with van der Waals surface area (Å²) in [7, 11) is 3.30. The van der Waals surface area contributed by atoms with Crippen molar-refractivity contribution in [2.45, 2.75) is 0 Å². The van der Waals surface area contributed by atoms with Crippen LogP contribution in [0.25, 0.3) is 5.70 Å². The number of rotatable bonds is 5. The molecule has 0 aromatic heterocycles. The van der Waals surface area contributed by atoms with Gasteiger partial charge in [0.2, 0.25) is 0 Å². The Morgan fingerprint density at radius 1 is 1.08 bits per heavy atom. The monoisotopic (exact) mass is 349 g/mol. The van der Waals surface area contributed by atoms with Crippen LogP contribution in [0.1, 0.15) is 5.56 Å². The lowest BCUT2D eigenvalue weighted by molar-refractivity contribution is 0.392. The Labute approximate surface area is 152 Å².